The highest BCUT2D eigenvalue weighted by molar-refractivity contribution is 6.30. The van der Waals surface area contributed by atoms with Gasteiger partial charge in [0.2, 0.25) is 0 Å². The molecule has 4 nitrogen and oxygen atoms in total. The molecule has 0 radical (unpaired) electrons. The number of hydrogen-bond donors (Lipinski definition) is 2. The van der Waals surface area contributed by atoms with Gasteiger partial charge in [-0.05, 0) is 26.0 Å². The fraction of sp³-hybridized carbons (Fsp3) is 0.250. The van der Waals surface area contributed by atoms with Crippen molar-refractivity contribution in [2.24, 2.45) is 0 Å². The summed E-state index contributed by atoms with van der Waals surface area (Å²) in [5, 5.41) is 4.94. The van der Waals surface area contributed by atoms with E-state index in [-0.39, 0.29) is 6.04 Å². The summed E-state index contributed by atoms with van der Waals surface area (Å²) in [4.78, 5) is 0. The highest BCUT2D eigenvalue weighted by atomic mass is 35.5. The van der Waals surface area contributed by atoms with E-state index in [2.05, 4.69) is 5.10 Å². The highest BCUT2D eigenvalue weighted by Gasteiger charge is 2.16. The molecule has 0 amide bonds. The van der Waals surface area contributed by atoms with Gasteiger partial charge >= 0.3 is 0 Å². The van der Waals surface area contributed by atoms with Crippen LogP contribution in [0.1, 0.15) is 19.9 Å². The Labute approximate surface area is 105 Å². The van der Waals surface area contributed by atoms with E-state index in [1.54, 1.807) is 0 Å². The number of nitrogen functional groups attached to an aromatic ring is 2. The van der Waals surface area contributed by atoms with Crippen molar-refractivity contribution in [3.63, 3.8) is 0 Å². The first-order chi connectivity index (χ1) is 8.00. The number of hydrogen-bond acceptors (Lipinski definition) is 3. The smallest absolute Gasteiger partial charge is 0.169 e. The van der Waals surface area contributed by atoms with Gasteiger partial charge in [-0.15, -0.1) is 0 Å². The quantitative estimate of drug-likeness (QED) is 0.861. The summed E-state index contributed by atoms with van der Waals surface area (Å²) in [6, 6.07) is 7.66. The maximum absolute atomic E-state index is 5.97. The van der Waals surface area contributed by atoms with E-state index in [1.165, 1.54) is 0 Å². The third-order valence-electron chi connectivity index (χ3n) is 2.58. The van der Waals surface area contributed by atoms with E-state index in [0.29, 0.717) is 16.5 Å². The monoisotopic (exact) mass is 250 g/mol. The molecule has 4 N–H and O–H groups in total. The Balaban J connectivity index is 2.61. The second kappa shape index (κ2) is 4.30. The van der Waals surface area contributed by atoms with Gasteiger partial charge in [0.05, 0.1) is 5.69 Å². The van der Waals surface area contributed by atoms with Gasteiger partial charge in [-0.3, -0.25) is 4.68 Å². The fourth-order valence-electron chi connectivity index (χ4n) is 1.73. The number of rotatable bonds is 2. The van der Waals surface area contributed by atoms with Crippen molar-refractivity contribution in [1.82, 2.24) is 9.78 Å². The second-order valence-electron chi connectivity index (χ2n) is 4.19. The van der Waals surface area contributed by atoms with Gasteiger partial charge in [0.25, 0.3) is 0 Å². The minimum Gasteiger partial charge on any atom is -0.394 e. The van der Waals surface area contributed by atoms with Crippen LogP contribution in [0.15, 0.2) is 24.3 Å². The Morgan fingerprint density at radius 3 is 2.29 bits per heavy atom. The Hall–Kier alpha value is -1.68. The largest absolute Gasteiger partial charge is 0.394 e. The maximum Gasteiger partial charge on any atom is 0.169 e. The number of nitrogens with two attached hydrogens (primary N) is 2. The predicted molar refractivity (Wildman–Crippen MR) is 71.9 cm³/mol. The van der Waals surface area contributed by atoms with Gasteiger partial charge in [0, 0.05) is 16.6 Å². The maximum atomic E-state index is 5.97. The lowest BCUT2D eigenvalue weighted by Crippen LogP contribution is -2.05. The van der Waals surface area contributed by atoms with Gasteiger partial charge in [-0.25, -0.2) is 0 Å². The molecule has 0 saturated heterocycles. The van der Waals surface area contributed by atoms with E-state index in [4.69, 9.17) is 23.1 Å². The lowest BCUT2D eigenvalue weighted by molar-refractivity contribution is 0.541. The van der Waals surface area contributed by atoms with Crippen LogP contribution in [0.25, 0.3) is 11.3 Å². The summed E-state index contributed by atoms with van der Waals surface area (Å²) in [6.07, 6.45) is 0. The van der Waals surface area contributed by atoms with Gasteiger partial charge in [-0.1, -0.05) is 23.7 Å². The van der Waals surface area contributed by atoms with Crippen LogP contribution in [-0.2, 0) is 0 Å². The minimum atomic E-state index is 0.195. The molecule has 1 aromatic carbocycles. The van der Waals surface area contributed by atoms with E-state index in [1.807, 2.05) is 42.8 Å². The summed E-state index contributed by atoms with van der Waals surface area (Å²) < 4.78 is 1.83. The molecule has 0 saturated carbocycles. The van der Waals surface area contributed by atoms with Crippen LogP contribution in [0.3, 0.4) is 0 Å². The molecule has 0 unspecified atom stereocenters. The van der Waals surface area contributed by atoms with Crippen molar-refractivity contribution in [2.75, 3.05) is 11.5 Å². The first kappa shape index (κ1) is 11.8. The molecule has 0 spiro atoms. The minimum absolute atomic E-state index is 0.195. The topological polar surface area (TPSA) is 69.9 Å². The van der Waals surface area contributed by atoms with Crippen molar-refractivity contribution >= 4 is 23.1 Å². The van der Waals surface area contributed by atoms with Crippen LogP contribution in [0.5, 0.6) is 0 Å². The first-order valence-corrected chi connectivity index (χ1v) is 5.78. The second-order valence-corrected chi connectivity index (χ2v) is 4.63. The predicted octanol–water partition coefficient (Wildman–Crippen LogP) is 2.95. The molecular weight excluding hydrogens is 236 g/mol. The number of anilines is 2. The number of halogens is 1. The molecule has 5 heteroatoms. The van der Waals surface area contributed by atoms with Gasteiger partial charge in [0.15, 0.2) is 5.82 Å². The summed E-state index contributed by atoms with van der Waals surface area (Å²) in [5.74, 6) is 0.364. The number of nitrogens with zero attached hydrogens (tertiary/aromatic N) is 2. The Morgan fingerprint density at radius 2 is 1.76 bits per heavy atom. The Bertz CT molecular complexity index is 528. The molecule has 1 aromatic heterocycles. The molecule has 0 bridgehead atoms. The van der Waals surface area contributed by atoms with Gasteiger partial charge in [0.1, 0.15) is 5.69 Å². The summed E-state index contributed by atoms with van der Waals surface area (Å²) in [7, 11) is 0. The molecule has 0 aliphatic rings. The molecule has 0 atom stereocenters. The summed E-state index contributed by atoms with van der Waals surface area (Å²) >= 11 is 5.87. The van der Waals surface area contributed by atoms with Crippen LogP contribution in [0.4, 0.5) is 11.5 Å². The normalized spacial score (nSPS) is 11.1. The standard InChI is InChI=1S/C12H15ClN4/c1-7(2)17-11(10(14)12(15)16-17)8-3-5-9(13)6-4-8/h3-7H,14H2,1-2H3,(H2,15,16). The fourth-order valence-corrected chi connectivity index (χ4v) is 1.86. The summed E-state index contributed by atoms with van der Waals surface area (Å²) in [6.45, 7) is 4.07. The lowest BCUT2D eigenvalue weighted by atomic mass is 10.1. The Kier molecular flexibility index (Phi) is 2.98. The van der Waals surface area contributed by atoms with E-state index in [9.17, 15) is 0 Å². The zero-order valence-electron chi connectivity index (χ0n) is 9.81. The third kappa shape index (κ3) is 2.08. The van der Waals surface area contributed by atoms with Gasteiger partial charge < -0.3 is 11.5 Å². The molecule has 2 rings (SSSR count). The molecular formula is C12H15ClN4. The molecule has 17 heavy (non-hydrogen) atoms. The molecule has 1 heterocycles. The van der Waals surface area contributed by atoms with E-state index >= 15 is 0 Å². The Morgan fingerprint density at radius 1 is 1.18 bits per heavy atom. The van der Waals surface area contributed by atoms with Crippen LogP contribution in [0, 0.1) is 0 Å². The zero-order chi connectivity index (χ0) is 12.6. The summed E-state index contributed by atoms with van der Waals surface area (Å²) in [5.41, 5.74) is 14.1. The number of benzene rings is 1. The van der Waals surface area contributed by atoms with Crippen LogP contribution in [0.2, 0.25) is 5.02 Å². The van der Waals surface area contributed by atoms with Crippen molar-refractivity contribution in [3.05, 3.63) is 29.3 Å². The third-order valence-corrected chi connectivity index (χ3v) is 2.83. The van der Waals surface area contributed by atoms with Crippen molar-refractivity contribution in [1.29, 1.82) is 0 Å². The molecule has 2 aromatic rings. The average molecular weight is 251 g/mol. The molecule has 0 aliphatic heterocycles. The van der Waals surface area contributed by atoms with E-state index in [0.717, 1.165) is 11.3 Å². The molecule has 0 fully saturated rings. The van der Waals surface area contributed by atoms with Crippen molar-refractivity contribution in [2.45, 2.75) is 19.9 Å². The lowest BCUT2D eigenvalue weighted by Gasteiger charge is -2.11. The molecule has 0 aliphatic carbocycles. The van der Waals surface area contributed by atoms with Crippen LogP contribution >= 0.6 is 11.6 Å². The zero-order valence-corrected chi connectivity index (χ0v) is 10.6. The first-order valence-electron chi connectivity index (χ1n) is 5.40. The average Bonchev–Trinajstić information content (AvgIpc) is 2.57. The van der Waals surface area contributed by atoms with Crippen molar-refractivity contribution < 1.29 is 0 Å². The van der Waals surface area contributed by atoms with E-state index < -0.39 is 0 Å². The van der Waals surface area contributed by atoms with Crippen LogP contribution < -0.4 is 11.5 Å². The molecule has 90 valence electrons. The SMILES string of the molecule is CC(C)n1nc(N)c(N)c1-c1ccc(Cl)cc1. The van der Waals surface area contributed by atoms with Crippen molar-refractivity contribution in [3.8, 4) is 11.3 Å². The highest BCUT2D eigenvalue weighted by Crippen LogP contribution is 2.32. The number of aromatic nitrogens is 2. The van der Waals surface area contributed by atoms with Gasteiger partial charge in [-0.2, -0.15) is 5.10 Å². The van der Waals surface area contributed by atoms with Crippen LogP contribution in [-0.4, -0.2) is 9.78 Å².